The average Bonchev–Trinajstić information content (AvgIpc) is 2.35. The number of esters is 1. The summed E-state index contributed by atoms with van der Waals surface area (Å²) in [5.74, 6) is -1.63. The number of hydrogen-bond donors (Lipinski definition) is 1. The molecule has 5 heteroatoms. The van der Waals surface area contributed by atoms with Crippen molar-refractivity contribution in [3.63, 3.8) is 0 Å². The van der Waals surface area contributed by atoms with Gasteiger partial charge in [-0.3, -0.25) is 9.78 Å². The fourth-order valence-electron chi connectivity index (χ4n) is 1.30. The Morgan fingerprint density at radius 2 is 2.18 bits per heavy atom. The van der Waals surface area contributed by atoms with E-state index in [1.54, 1.807) is 19.1 Å². The number of rotatable bonds is 5. The maximum Gasteiger partial charge on any atom is 0.339 e. The highest BCUT2D eigenvalue weighted by molar-refractivity contribution is 5.88. The van der Waals surface area contributed by atoms with E-state index in [2.05, 4.69) is 9.72 Å². The average molecular weight is 237 g/mol. The van der Waals surface area contributed by atoms with E-state index in [-0.39, 0.29) is 0 Å². The van der Waals surface area contributed by atoms with Gasteiger partial charge in [0.1, 0.15) is 0 Å². The van der Waals surface area contributed by atoms with Crippen LogP contribution in [0.5, 0.6) is 0 Å². The largest absolute Gasteiger partial charge is 0.481 e. The Labute approximate surface area is 99.4 Å². The van der Waals surface area contributed by atoms with Crippen LogP contribution in [0.4, 0.5) is 0 Å². The summed E-state index contributed by atoms with van der Waals surface area (Å²) in [6.45, 7) is 1.66. The third-order valence-electron chi connectivity index (χ3n) is 2.50. The minimum absolute atomic E-state index is 0.391. The van der Waals surface area contributed by atoms with Gasteiger partial charge < -0.3 is 9.84 Å². The summed E-state index contributed by atoms with van der Waals surface area (Å²) in [5, 5.41) is 8.73. The highest BCUT2D eigenvalue weighted by Gasteiger charge is 2.11. The van der Waals surface area contributed by atoms with Gasteiger partial charge in [0.05, 0.1) is 18.6 Å². The maximum atomic E-state index is 11.1. The van der Waals surface area contributed by atoms with Gasteiger partial charge >= 0.3 is 11.9 Å². The smallest absolute Gasteiger partial charge is 0.339 e. The summed E-state index contributed by atoms with van der Waals surface area (Å²) < 4.78 is 4.55. The number of carbonyl (C=O) groups excluding carboxylic acids is 1. The molecule has 5 nitrogen and oxygen atoms in total. The molecule has 1 aromatic heterocycles. The van der Waals surface area contributed by atoms with Gasteiger partial charge in [0.25, 0.3) is 0 Å². The van der Waals surface area contributed by atoms with Crippen LogP contribution in [-0.4, -0.2) is 29.1 Å². The number of hydrogen-bond acceptors (Lipinski definition) is 4. The van der Waals surface area contributed by atoms with Crippen molar-refractivity contribution in [3.8, 4) is 0 Å². The first-order valence-electron chi connectivity index (χ1n) is 5.30. The Bertz CT molecular complexity index is 399. The lowest BCUT2D eigenvalue weighted by molar-refractivity contribution is -0.141. The molecule has 0 amide bonds. The molecule has 92 valence electrons. The third kappa shape index (κ3) is 3.86. The van der Waals surface area contributed by atoms with Gasteiger partial charge in [-0.2, -0.15) is 0 Å². The Kier molecular flexibility index (Phi) is 4.63. The first-order valence-corrected chi connectivity index (χ1v) is 5.30. The maximum absolute atomic E-state index is 11.1. The highest BCUT2D eigenvalue weighted by Crippen LogP contribution is 2.09. The molecule has 1 N–H and O–H groups in total. The third-order valence-corrected chi connectivity index (χ3v) is 2.50. The van der Waals surface area contributed by atoms with Gasteiger partial charge in [-0.1, -0.05) is 6.92 Å². The van der Waals surface area contributed by atoms with Gasteiger partial charge in [0.2, 0.25) is 0 Å². The van der Waals surface area contributed by atoms with Gasteiger partial charge in [0.15, 0.2) is 0 Å². The van der Waals surface area contributed by atoms with Crippen LogP contribution in [0, 0.1) is 5.92 Å². The molecule has 0 aliphatic heterocycles. The van der Waals surface area contributed by atoms with Crippen molar-refractivity contribution >= 4 is 11.9 Å². The van der Waals surface area contributed by atoms with Crippen molar-refractivity contribution in [2.24, 2.45) is 5.92 Å². The zero-order chi connectivity index (χ0) is 12.8. The summed E-state index contributed by atoms with van der Waals surface area (Å²) >= 11 is 0. The number of aliphatic carboxylic acids is 1. The fraction of sp³-hybridized carbons (Fsp3) is 0.417. The normalized spacial score (nSPS) is 11.9. The van der Waals surface area contributed by atoms with E-state index in [0.29, 0.717) is 18.4 Å². The molecule has 0 aromatic carbocycles. The van der Waals surface area contributed by atoms with Crippen molar-refractivity contribution in [2.75, 3.05) is 7.11 Å². The molecule has 0 bridgehead atoms. The number of aromatic nitrogens is 1. The summed E-state index contributed by atoms with van der Waals surface area (Å²) in [6, 6.07) is 3.33. The van der Waals surface area contributed by atoms with Crippen LogP contribution in [0.25, 0.3) is 0 Å². The number of aryl methyl sites for hydroxylation is 1. The molecule has 0 spiro atoms. The summed E-state index contributed by atoms with van der Waals surface area (Å²) in [4.78, 5) is 25.8. The van der Waals surface area contributed by atoms with Gasteiger partial charge in [-0.25, -0.2) is 4.79 Å². The minimum atomic E-state index is -0.809. The molecular weight excluding hydrogens is 222 g/mol. The molecule has 0 fully saturated rings. The quantitative estimate of drug-likeness (QED) is 0.786. The first kappa shape index (κ1) is 13.2. The van der Waals surface area contributed by atoms with Gasteiger partial charge in [-0.15, -0.1) is 0 Å². The number of pyridine rings is 1. The van der Waals surface area contributed by atoms with E-state index in [1.807, 2.05) is 0 Å². The number of carboxylic acid groups (broad SMARTS) is 1. The molecule has 1 aromatic rings. The molecule has 1 atom stereocenters. The van der Waals surface area contributed by atoms with E-state index in [1.165, 1.54) is 13.3 Å². The number of ether oxygens (including phenoxy) is 1. The second-order valence-corrected chi connectivity index (χ2v) is 3.81. The number of nitrogens with zero attached hydrogens (tertiary/aromatic N) is 1. The van der Waals surface area contributed by atoms with Crippen molar-refractivity contribution in [1.82, 2.24) is 4.98 Å². The zero-order valence-electron chi connectivity index (χ0n) is 9.84. The highest BCUT2D eigenvalue weighted by atomic mass is 16.5. The second kappa shape index (κ2) is 5.98. The number of carbonyl (C=O) groups is 2. The first-order chi connectivity index (χ1) is 8.04. The monoisotopic (exact) mass is 237 g/mol. The molecular formula is C12H15NO4. The Morgan fingerprint density at radius 1 is 1.47 bits per heavy atom. The van der Waals surface area contributed by atoms with Gasteiger partial charge in [-0.05, 0) is 25.0 Å². The van der Waals surface area contributed by atoms with E-state index >= 15 is 0 Å². The predicted octanol–water partition coefficient (Wildman–Crippen LogP) is 1.52. The Balaban J connectivity index is 2.57. The van der Waals surface area contributed by atoms with E-state index < -0.39 is 17.9 Å². The van der Waals surface area contributed by atoms with Crippen LogP contribution in [-0.2, 0) is 16.0 Å². The van der Waals surface area contributed by atoms with Crippen LogP contribution in [0.1, 0.15) is 29.4 Å². The second-order valence-electron chi connectivity index (χ2n) is 3.81. The molecule has 0 aliphatic carbocycles. The van der Waals surface area contributed by atoms with Crippen molar-refractivity contribution in [3.05, 3.63) is 29.6 Å². The van der Waals surface area contributed by atoms with Crippen LogP contribution >= 0.6 is 0 Å². The van der Waals surface area contributed by atoms with Gasteiger partial charge in [0, 0.05) is 11.9 Å². The van der Waals surface area contributed by atoms with E-state index in [0.717, 1.165) is 5.69 Å². The molecule has 0 radical (unpaired) electrons. The van der Waals surface area contributed by atoms with Crippen LogP contribution in [0.2, 0.25) is 0 Å². The number of carboxylic acids is 1. The summed E-state index contributed by atoms with van der Waals surface area (Å²) in [7, 11) is 1.31. The van der Waals surface area contributed by atoms with Crippen LogP contribution in [0.15, 0.2) is 18.3 Å². The molecule has 0 saturated heterocycles. The zero-order valence-corrected chi connectivity index (χ0v) is 9.84. The Morgan fingerprint density at radius 3 is 2.65 bits per heavy atom. The molecule has 1 rings (SSSR count). The lowest BCUT2D eigenvalue weighted by Gasteiger charge is -2.05. The summed E-state index contributed by atoms with van der Waals surface area (Å²) in [5.41, 5.74) is 1.16. The van der Waals surface area contributed by atoms with Crippen molar-refractivity contribution in [1.29, 1.82) is 0 Å². The molecule has 1 unspecified atom stereocenters. The van der Waals surface area contributed by atoms with E-state index in [4.69, 9.17) is 5.11 Å². The molecule has 17 heavy (non-hydrogen) atoms. The standard InChI is InChI=1S/C12H15NO4/c1-8(11(14)15)3-5-10-6-4-9(7-13-10)12(16)17-2/h4,6-8H,3,5H2,1-2H3,(H,14,15). The van der Waals surface area contributed by atoms with E-state index in [9.17, 15) is 9.59 Å². The fourth-order valence-corrected chi connectivity index (χ4v) is 1.30. The van der Waals surface area contributed by atoms with Crippen molar-refractivity contribution < 1.29 is 19.4 Å². The van der Waals surface area contributed by atoms with Crippen LogP contribution in [0.3, 0.4) is 0 Å². The molecule has 1 heterocycles. The molecule has 0 aliphatic rings. The SMILES string of the molecule is COC(=O)c1ccc(CCC(C)C(=O)O)nc1. The number of methoxy groups -OCH3 is 1. The predicted molar refractivity (Wildman–Crippen MR) is 60.7 cm³/mol. The van der Waals surface area contributed by atoms with Crippen molar-refractivity contribution in [2.45, 2.75) is 19.8 Å². The lowest BCUT2D eigenvalue weighted by atomic mass is 10.0. The Hall–Kier alpha value is -1.91. The topological polar surface area (TPSA) is 76.5 Å². The summed E-state index contributed by atoms with van der Waals surface area (Å²) in [6.07, 6.45) is 2.54. The minimum Gasteiger partial charge on any atom is -0.481 e. The lowest BCUT2D eigenvalue weighted by Crippen LogP contribution is -2.10. The van der Waals surface area contributed by atoms with Crippen LogP contribution < -0.4 is 0 Å². The molecule has 0 saturated carbocycles.